The molecule has 0 amide bonds. The van der Waals surface area contributed by atoms with Crippen LogP contribution in [0.2, 0.25) is 0 Å². The summed E-state index contributed by atoms with van der Waals surface area (Å²) in [6.45, 7) is 0. The number of hydrogen-bond acceptors (Lipinski definition) is 4. The van der Waals surface area contributed by atoms with Gasteiger partial charge in [-0.05, 0) is 6.07 Å². The van der Waals surface area contributed by atoms with Crippen LogP contribution in [0.1, 0.15) is 0 Å². The second kappa shape index (κ2) is 3.13. The molecule has 5 nitrogen and oxygen atoms in total. The second-order valence-electron chi connectivity index (χ2n) is 3.08. The Morgan fingerprint density at radius 3 is 2.80 bits per heavy atom. The molecule has 0 radical (unpaired) electrons. The van der Waals surface area contributed by atoms with Gasteiger partial charge in [0.2, 0.25) is 0 Å². The predicted octanol–water partition coefficient (Wildman–Crippen LogP) is 1.41. The minimum atomic E-state index is 0.747. The Morgan fingerprint density at radius 2 is 1.93 bits per heavy atom. The Balaban J connectivity index is 2.28. The van der Waals surface area contributed by atoms with E-state index in [2.05, 4.69) is 25.1 Å². The molecular weight excluding hydrogens is 190 g/mol. The number of nitrogens with one attached hydrogen (secondary N) is 1. The summed E-state index contributed by atoms with van der Waals surface area (Å²) in [7, 11) is 0. The van der Waals surface area contributed by atoms with Crippen LogP contribution in [-0.4, -0.2) is 25.1 Å². The van der Waals surface area contributed by atoms with Gasteiger partial charge < -0.3 is 0 Å². The van der Waals surface area contributed by atoms with Crippen molar-refractivity contribution in [3.63, 3.8) is 0 Å². The Hall–Kier alpha value is -2.30. The minimum Gasteiger partial charge on any atom is -0.277 e. The number of pyridine rings is 1. The first kappa shape index (κ1) is 8.05. The first-order valence-electron chi connectivity index (χ1n) is 4.49. The lowest BCUT2D eigenvalue weighted by molar-refractivity contribution is 1.10. The van der Waals surface area contributed by atoms with Crippen LogP contribution in [0.15, 0.2) is 37.1 Å². The maximum atomic E-state index is 4.20. The van der Waals surface area contributed by atoms with E-state index in [0.29, 0.717) is 0 Å². The zero-order valence-corrected chi connectivity index (χ0v) is 7.75. The average molecular weight is 197 g/mol. The van der Waals surface area contributed by atoms with Crippen molar-refractivity contribution in [3.05, 3.63) is 37.1 Å². The van der Waals surface area contributed by atoms with E-state index in [1.165, 1.54) is 0 Å². The Labute approximate surface area is 85.2 Å². The fourth-order valence-electron chi connectivity index (χ4n) is 1.47. The van der Waals surface area contributed by atoms with Gasteiger partial charge in [-0.25, -0.2) is 0 Å². The van der Waals surface area contributed by atoms with Gasteiger partial charge in [-0.1, -0.05) is 0 Å². The average Bonchev–Trinajstić information content (AvgIpc) is 2.74. The molecule has 0 fully saturated rings. The van der Waals surface area contributed by atoms with Crippen LogP contribution < -0.4 is 0 Å². The fourth-order valence-corrected chi connectivity index (χ4v) is 1.47. The maximum Gasteiger partial charge on any atom is 0.121 e. The van der Waals surface area contributed by atoms with Crippen LogP contribution in [-0.2, 0) is 0 Å². The van der Waals surface area contributed by atoms with Gasteiger partial charge in [0.15, 0.2) is 0 Å². The molecule has 5 heteroatoms. The zero-order chi connectivity index (χ0) is 10.1. The van der Waals surface area contributed by atoms with Gasteiger partial charge in [0.1, 0.15) is 11.4 Å². The summed E-state index contributed by atoms with van der Waals surface area (Å²) in [5, 5.41) is 8.08. The standard InChI is InChI=1S/C10H7N5/c1-2-11-5-7-8(1)14-15-10(7)9-6-12-3-4-13-9/h1-6H,(H,14,15). The number of rotatable bonds is 1. The molecule has 0 aromatic carbocycles. The summed E-state index contributed by atoms with van der Waals surface area (Å²) < 4.78 is 0. The van der Waals surface area contributed by atoms with E-state index in [1.54, 1.807) is 31.0 Å². The highest BCUT2D eigenvalue weighted by Crippen LogP contribution is 2.22. The van der Waals surface area contributed by atoms with Crippen molar-refractivity contribution in [3.8, 4) is 11.4 Å². The third kappa shape index (κ3) is 1.25. The highest BCUT2D eigenvalue weighted by Gasteiger charge is 2.08. The van der Waals surface area contributed by atoms with Crippen molar-refractivity contribution in [2.75, 3.05) is 0 Å². The Kier molecular flexibility index (Phi) is 1.68. The molecule has 0 bridgehead atoms. The smallest absolute Gasteiger partial charge is 0.121 e. The van der Waals surface area contributed by atoms with Gasteiger partial charge in [-0.2, -0.15) is 5.10 Å². The van der Waals surface area contributed by atoms with E-state index in [-0.39, 0.29) is 0 Å². The van der Waals surface area contributed by atoms with Crippen molar-refractivity contribution in [2.45, 2.75) is 0 Å². The molecule has 0 aliphatic heterocycles. The predicted molar refractivity (Wildman–Crippen MR) is 54.9 cm³/mol. The van der Waals surface area contributed by atoms with Gasteiger partial charge in [-0.3, -0.25) is 20.1 Å². The molecule has 0 aliphatic rings. The summed E-state index contributed by atoms with van der Waals surface area (Å²) in [4.78, 5) is 12.3. The molecule has 0 spiro atoms. The molecule has 0 aliphatic carbocycles. The number of H-pyrrole nitrogens is 1. The van der Waals surface area contributed by atoms with Gasteiger partial charge in [-0.15, -0.1) is 0 Å². The number of hydrogen-bond donors (Lipinski definition) is 1. The molecule has 0 saturated carbocycles. The van der Waals surface area contributed by atoms with Crippen LogP contribution >= 0.6 is 0 Å². The summed E-state index contributed by atoms with van der Waals surface area (Å²) in [5.74, 6) is 0. The quantitative estimate of drug-likeness (QED) is 0.640. The first-order valence-corrected chi connectivity index (χ1v) is 4.49. The number of nitrogens with zero attached hydrogens (tertiary/aromatic N) is 4. The van der Waals surface area contributed by atoms with Crippen LogP contribution in [0.5, 0.6) is 0 Å². The summed E-state index contributed by atoms with van der Waals surface area (Å²) in [5.41, 5.74) is 2.48. The summed E-state index contributed by atoms with van der Waals surface area (Å²) >= 11 is 0. The van der Waals surface area contributed by atoms with Crippen LogP contribution in [0.3, 0.4) is 0 Å². The normalized spacial score (nSPS) is 10.7. The monoisotopic (exact) mass is 197 g/mol. The van der Waals surface area contributed by atoms with Gasteiger partial charge in [0.25, 0.3) is 0 Å². The second-order valence-corrected chi connectivity index (χ2v) is 3.08. The number of aromatic nitrogens is 5. The molecule has 1 N–H and O–H groups in total. The lowest BCUT2D eigenvalue weighted by Gasteiger charge is -1.93. The van der Waals surface area contributed by atoms with Gasteiger partial charge in [0, 0.05) is 30.2 Å². The molecular formula is C10H7N5. The van der Waals surface area contributed by atoms with Gasteiger partial charge in [0.05, 0.1) is 11.7 Å². The van der Waals surface area contributed by atoms with Crippen LogP contribution in [0, 0.1) is 0 Å². The fraction of sp³-hybridized carbons (Fsp3) is 0. The molecule has 72 valence electrons. The molecule has 0 atom stereocenters. The molecule has 15 heavy (non-hydrogen) atoms. The molecule has 3 aromatic rings. The van der Waals surface area contributed by atoms with E-state index < -0.39 is 0 Å². The minimum absolute atomic E-state index is 0.747. The van der Waals surface area contributed by atoms with Gasteiger partial charge >= 0.3 is 0 Å². The maximum absolute atomic E-state index is 4.20. The highest BCUT2D eigenvalue weighted by molar-refractivity contribution is 5.90. The summed E-state index contributed by atoms with van der Waals surface area (Å²) in [6.07, 6.45) is 8.45. The first-order chi connectivity index (χ1) is 7.45. The van der Waals surface area contributed by atoms with Crippen LogP contribution in [0.25, 0.3) is 22.3 Å². The number of fused-ring (bicyclic) bond motifs is 1. The Morgan fingerprint density at radius 1 is 1.00 bits per heavy atom. The highest BCUT2D eigenvalue weighted by atomic mass is 15.1. The van der Waals surface area contributed by atoms with Crippen molar-refractivity contribution < 1.29 is 0 Å². The van der Waals surface area contributed by atoms with E-state index >= 15 is 0 Å². The molecule has 3 heterocycles. The molecule has 0 saturated heterocycles. The van der Waals surface area contributed by atoms with Crippen LogP contribution in [0.4, 0.5) is 0 Å². The van der Waals surface area contributed by atoms with E-state index in [1.807, 2.05) is 6.07 Å². The van der Waals surface area contributed by atoms with E-state index in [4.69, 9.17) is 0 Å². The van der Waals surface area contributed by atoms with Crippen molar-refractivity contribution >= 4 is 10.9 Å². The van der Waals surface area contributed by atoms with Crippen molar-refractivity contribution in [1.29, 1.82) is 0 Å². The lowest BCUT2D eigenvalue weighted by atomic mass is 10.2. The summed E-state index contributed by atoms with van der Waals surface area (Å²) in [6, 6.07) is 1.88. The SMILES string of the molecule is c1cnc(-c2n[nH]c3ccncc23)cn1. The third-order valence-electron chi connectivity index (χ3n) is 2.17. The van der Waals surface area contributed by atoms with E-state index in [9.17, 15) is 0 Å². The zero-order valence-electron chi connectivity index (χ0n) is 7.75. The molecule has 0 unspecified atom stereocenters. The Bertz CT molecular complexity index is 587. The van der Waals surface area contributed by atoms with Crippen molar-refractivity contribution in [2.24, 2.45) is 0 Å². The van der Waals surface area contributed by atoms with Crippen molar-refractivity contribution in [1.82, 2.24) is 25.1 Å². The van der Waals surface area contributed by atoms with E-state index in [0.717, 1.165) is 22.3 Å². The lowest BCUT2D eigenvalue weighted by Crippen LogP contribution is -1.84. The number of aromatic amines is 1. The molecule has 3 rings (SSSR count). The largest absolute Gasteiger partial charge is 0.277 e. The molecule has 3 aromatic heterocycles. The topological polar surface area (TPSA) is 67.3 Å². The third-order valence-corrected chi connectivity index (χ3v) is 2.17.